The molecule has 0 bridgehead atoms. The highest BCUT2D eigenvalue weighted by molar-refractivity contribution is 8.00. The molecule has 1 rings (SSSR count). The number of rotatable bonds is 3. The molecule has 0 saturated heterocycles. The molecule has 13 heavy (non-hydrogen) atoms. The van der Waals surface area contributed by atoms with Crippen molar-refractivity contribution in [2.45, 2.75) is 37.0 Å². The molecule has 0 saturated carbocycles. The van der Waals surface area contributed by atoms with Gasteiger partial charge >= 0.3 is 0 Å². The highest BCUT2D eigenvalue weighted by Gasteiger charge is 2.07. The predicted molar refractivity (Wildman–Crippen MR) is 60.0 cm³/mol. The Bertz CT molecular complexity index is 269. The monoisotopic (exact) mass is 195 g/mol. The Labute approximate surface area is 84.7 Å². The third kappa shape index (κ3) is 3.05. The largest absolute Gasteiger partial charge is 0.324 e. The van der Waals surface area contributed by atoms with E-state index in [0.29, 0.717) is 5.25 Å². The SMILES string of the molecule is CC(C)Sc1ccccc1[C@H](C)N. The predicted octanol–water partition coefficient (Wildman–Crippen LogP) is 3.21. The number of hydrogen-bond donors (Lipinski definition) is 1. The molecule has 0 unspecified atom stereocenters. The van der Waals surface area contributed by atoms with Crippen LogP contribution in [0.2, 0.25) is 0 Å². The Kier molecular flexibility index (Phi) is 3.82. The standard InChI is InChI=1S/C11H17NS/c1-8(2)13-11-7-5-4-6-10(11)9(3)12/h4-9H,12H2,1-3H3/t9-/m0/s1. The van der Waals surface area contributed by atoms with E-state index in [9.17, 15) is 0 Å². The van der Waals surface area contributed by atoms with Crippen molar-refractivity contribution >= 4 is 11.8 Å². The van der Waals surface area contributed by atoms with Crippen LogP contribution in [0.5, 0.6) is 0 Å². The van der Waals surface area contributed by atoms with Gasteiger partial charge in [0.15, 0.2) is 0 Å². The van der Waals surface area contributed by atoms with Gasteiger partial charge in [-0.15, -0.1) is 11.8 Å². The maximum absolute atomic E-state index is 5.88. The topological polar surface area (TPSA) is 26.0 Å². The maximum atomic E-state index is 5.88. The lowest BCUT2D eigenvalue weighted by atomic mass is 10.1. The van der Waals surface area contributed by atoms with Gasteiger partial charge in [-0.05, 0) is 18.6 Å². The molecule has 1 nitrogen and oxygen atoms in total. The van der Waals surface area contributed by atoms with Gasteiger partial charge in [0.25, 0.3) is 0 Å². The van der Waals surface area contributed by atoms with Gasteiger partial charge in [-0.3, -0.25) is 0 Å². The lowest BCUT2D eigenvalue weighted by molar-refractivity contribution is 0.797. The first-order valence-electron chi connectivity index (χ1n) is 4.62. The molecule has 0 amide bonds. The normalized spacial score (nSPS) is 13.3. The summed E-state index contributed by atoms with van der Waals surface area (Å²) in [4.78, 5) is 1.31. The third-order valence-corrected chi connectivity index (χ3v) is 2.87. The van der Waals surface area contributed by atoms with Gasteiger partial charge in [-0.1, -0.05) is 32.0 Å². The Morgan fingerprint density at radius 1 is 1.15 bits per heavy atom. The molecule has 0 radical (unpaired) electrons. The molecule has 0 aliphatic rings. The van der Waals surface area contributed by atoms with E-state index in [1.807, 2.05) is 24.8 Å². The van der Waals surface area contributed by atoms with Crippen LogP contribution in [0.3, 0.4) is 0 Å². The van der Waals surface area contributed by atoms with Crippen LogP contribution in [0.25, 0.3) is 0 Å². The molecule has 1 atom stereocenters. The zero-order chi connectivity index (χ0) is 9.84. The third-order valence-electron chi connectivity index (χ3n) is 1.77. The summed E-state index contributed by atoms with van der Waals surface area (Å²) in [6, 6.07) is 8.49. The van der Waals surface area contributed by atoms with E-state index in [2.05, 4.69) is 32.0 Å². The molecule has 72 valence electrons. The fourth-order valence-electron chi connectivity index (χ4n) is 1.22. The Hall–Kier alpha value is -0.470. The second-order valence-corrected chi connectivity index (χ2v) is 5.11. The zero-order valence-corrected chi connectivity index (χ0v) is 9.27. The minimum absolute atomic E-state index is 0.127. The van der Waals surface area contributed by atoms with Gasteiger partial charge in [0.1, 0.15) is 0 Å². The summed E-state index contributed by atoms with van der Waals surface area (Å²) in [5, 5.41) is 0.611. The van der Waals surface area contributed by atoms with Gasteiger partial charge in [0.05, 0.1) is 0 Å². The van der Waals surface area contributed by atoms with E-state index in [4.69, 9.17) is 5.73 Å². The second-order valence-electron chi connectivity index (χ2n) is 3.49. The van der Waals surface area contributed by atoms with Gasteiger partial charge in [0, 0.05) is 16.2 Å². The minimum atomic E-state index is 0.127. The van der Waals surface area contributed by atoms with Crippen molar-refractivity contribution in [3.05, 3.63) is 29.8 Å². The number of thioether (sulfide) groups is 1. The van der Waals surface area contributed by atoms with Gasteiger partial charge < -0.3 is 5.73 Å². The van der Waals surface area contributed by atoms with Crippen LogP contribution in [-0.2, 0) is 0 Å². The average Bonchev–Trinajstić information content (AvgIpc) is 2.03. The molecular weight excluding hydrogens is 178 g/mol. The molecule has 2 heteroatoms. The molecule has 0 spiro atoms. The molecule has 0 aromatic heterocycles. The lowest BCUT2D eigenvalue weighted by Crippen LogP contribution is -2.06. The van der Waals surface area contributed by atoms with Crippen molar-refractivity contribution in [2.75, 3.05) is 0 Å². The molecule has 0 aliphatic carbocycles. The molecule has 1 aromatic carbocycles. The summed E-state index contributed by atoms with van der Waals surface area (Å²) in [6.45, 7) is 6.42. The summed E-state index contributed by atoms with van der Waals surface area (Å²) in [5.74, 6) is 0. The maximum Gasteiger partial charge on any atom is 0.0277 e. The number of benzene rings is 1. The molecular formula is C11H17NS. The van der Waals surface area contributed by atoms with Crippen LogP contribution in [0.1, 0.15) is 32.4 Å². The van der Waals surface area contributed by atoms with Crippen molar-refractivity contribution in [2.24, 2.45) is 5.73 Å². The van der Waals surface area contributed by atoms with E-state index < -0.39 is 0 Å². The van der Waals surface area contributed by atoms with Crippen molar-refractivity contribution in [3.8, 4) is 0 Å². The van der Waals surface area contributed by atoms with E-state index in [1.54, 1.807) is 0 Å². The Morgan fingerprint density at radius 3 is 2.31 bits per heavy atom. The zero-order valence-electron chi connectivity index (χ0n) is 8.45. The quantitative estimate of drug-likeness (QED) is 0.749. The van der Waals surface area contributed by atoms with Gasteiger partial charge in [0.2, 0.25) is 0 Å². The van der Waals surface area contributed by atoms with Gasteiger partial charge in [-0.25, -0.2) is 0 Å². The first-order chi connectivity index (χ1) is 6.11. The van der Waals surface area contributed by atoms with Crippen molar-refractivity contribution < 1.29 is 0 Å². The number of hydrogen-bond acceptors (Lipinski definition) is 2. The minimum Gasteiger partial charge on any atom is -0.324 e. The van der Waals surface area contributed by atoms with Crippen LogP contribution in [-0.4, -0.2) is 5.25 Å². The Morgan fingerprint density at radius 2 is 1.77 bits per heavy atom. The molecule has 2 N–H and O–H groups in total. The second kappa shape index (κ2) is 4.68. The molecule has 0 heterocycles. The first kappa shape index (κ1) is 10.6. The van der Waals surface area contributed by atoms with Crippen LogP contribution in [0.15, 0.2) is 29.2 Å². The van der Waals surface area contributed by atoms with Crippen LogP contribution in [0, 0.1) is 0 Å². The summed E-state index contributed by atoms with van der Waals surface area (Å²) in [7, 11) is 0. The summed E-state index contributed by atoms with van der Waals surface area (Å²) in [6.07, 6.45) is 0. The van der Waals surface area contributed by atoms with Crippen LogP contribution < -0.4 is 5.73 Å². The fraction of sp³-hybridized carbons (Fsp3) is 0.455. The van der Waals surface area contributed by atoms with Crippen molar-refractivity contribution in [1.82, 2.24) is 0 Å². The van der Waals surface area contributed by atoms with E-state index in [-0.39, 0.29) is 6.04 Å². The lowest BCUT2D eigenvalue weighted by Gasteiger charge is -2.13. The average molecular weight is 195 g/mol. The molecule has 1 aromatic rings. The molecule has 0 fully saturated rings. The van der Waals surface area contributed by atoms with Crippen molar-refractivity contribution in [3.63, 3.8) is 0 Å². The van der Waals surface area contributed by atoms with E-state index in [1.165, 1.54) is 10.5 Å². The van der Waals surface area contributed by atoms with E-state index in [0.717, 1.165) is 0 Å². The highest BCUT2D eigenvalue weighted by Crippen LogP contribution is 2.29. The first-order valence-corrected chi connectivity index (χ1v) is 5.50. The van der Waals surface area contributed by atoms with E-state index >= 15 is 0 Å². The fourth-order valence-corrected chi connectivity index (χ4v) is 2.27. The summed E-state index contributed by atoms with van der Waals surface area (Å²) < 4.78 is 0. The van der Waals surface area contributed by atoms with Gasteiger partial charge in [-0.2, -0.15) is 0 Å². The summed E-state index contributed by atoms with van der Waals surface area (Å²) >= 11 is 1.87. The smallest absolute Gasteiger partial charge is 0.0277 e. The molecule has 0 aliphatic heterocycles. The highest BCUT2D eigenvalue weighted by atomic mass is 32.2. The Balaban J connectivity index is 2.91. The van der Waals surface area contributed by atoms with Crippen LogP contribution >= 0.6 is 11.8 Å². The number of nitrogens with two attached hydrogens (primary N) is 1. The van der Waals surface area contributed by atoms with Crippen LogP contribution in [0.4, 0.5) is 0 Å². The van der Waals surface area contributed by atoms with Crippen molar-refractivity contribution in [1.29, 1.82) is 0 Å². The summed E-state index contributed by atoms with van der Waals surface area (Å²) in [5.41, 5.74) is 7.13.